The minimum absolute atomic E-state index is 0. The monoisotopic (exact) mass is 336 g/mol. The van der Waals surface area contributed by atoms with E-state index in [0.29, 0.717) is 6.01 Å². The Balaban J connectivity index is 0.00000156. The van der Waals surface area contributed by atoms with E-state index in [-0.39, 0.29) is 24.2 Å². The third-order valence-electron chi connectivity index (χ3n) is 4.52. The molecule has 3 heterocycles. The van der Waals surface area contributed by atoms with Crippen LogP contribution in [0.25, 0.3) is 11.1 Å². The van der Waals surface area contributed by atoms with E-state index in [1.54, 1.807) is 0 Å². The number of halogens is 1. The van der Waals surface area contributed by atoms with Crippen molar-refractivity contribution in [3.63, 3.8) is 0 Å². The molecule has 0 spiro atoms. The van der Waals surface area contributed by atoms with Gasteiger partial charge in [-0.25, -0.2) is 0 Å². The lowest BCUT2D eigenvalue weighted by molar-refractivity contribution is -0.137. The number of nitrogens with one attached hydrogen (secondary N) is 1. The molecule has 7 heteroatoms. The maximum absolute atomic E-state index is 12.2. The van der Waals surface area contributed by atoms with Gasteiger partial charge in [-0.2, -0.15) is 4.98 Å². The molecule has 0 unspecified atom stereocenters. The van der Waals surface area contributed by atoms with E-state index in [0.717, 1.165) is 50.4 Å². The smallest absolute Gasteiger partial charge is 0.298 e. The Kier molecular flexibility index (Phi) is 4.46. The molecule has 0 radical (unpaired) electrons. The molecule has 1 aromatic heterocycles. The number of benzene rings is 1. The summed E-state index contributed by atoms with van der Waals surface area (Å²) in [6, 6.07) is 6.69. The second kappa shape index (κ2) is 6.37. The summed E-state index contributed by atoms with van der Waals surface area (Å²) < 4.78 is 5.84. The van der Waals surface area contributed by atoms with E-state index in [4.69, 9.17) is 4.42 Å². The van der Waals surface area contributed by atoms with Crippen molar-refractivity contribution < 1.29 is 9.21 Å². The number of amides is 1. The molecule has 0 bridgehead atoms. The van der Waals surface area contributed by atoms with Crippen molar-refractivity contribution in [3.05, 3.63) is 23.8 Å². The van der Waals surface area contributed by atoms with Crippen LogP contribution in [0.1, 0.15) is 5.56 Å². The molecule has 124 valence electrons. The normalized spacial score (nSPS) is 18.7. The van der Waals surface area contributed by atoms with E-state index in [1.165, 1.54) is 5.56 Å². The molecular formula is C16H21ClN4O2. The third-order valence-corrected chi connectivity index (χ3v) is 4.52. The van der Waals surface area contributed by atoms with Gasteiger partial charge in [0.05, 0.1) is 5.92 Å². The Morgan fingerprint density at radius 2 is 2.00 bits per heavy atom. The van der Waals surface area contributed by atoms with Crippen molar-refractivity contribution in [3.8, 4) is 0 Å². The van der Waals surface area contributed by atoms with E-state index < -0.39 is 0 Å². The Bertz CT molecular complexity index is 705. The molecule has 2 fully saturated rings. The Morgan fingerprint density at radius 1 is 1.26 bits per heavy atom. The highest BCUT2D eigenvalue weighted by atomic mass is 35.5. The van der Waals surface area contributed by atoms with Crippen LogP contribution in [-0.4, -0.2) is 55.1 Å². The summed E-state index contributed by atoms with van der Waals surface area (Å²) in [5.41, 5.74) is 2.89. The topological polar surface area (TPSA) is 61.6 Å². The van der Waals surface area contributed by atoms with Crippen molar-refractivity contribution in [1.29, 1.82) is 0 Å². The van der Waals surface area contributed by atoms with Crippen molar-refractivity contribution in [2.75, 3.05) is 44.2 Å². The molecule has 4 rings (SSSR count). The molecule has 1 aromatic carbocycles. The molecule has 0 aliphatic carbocycles. The van der Waals surface area contributed by atoms with E-state index in [9.17, 15) is 4.79 Å². The van der Waals surface area contributed by atoms with Crippen LogP contribution < -0.4 is 10.2 Å². The first-order valence-electron chi connectivity index (χ1n) is 7.82. The molecule has 6 nitrogen and oxygen atoms in total. The summed E-state index contributed by atoms with van der Waals surface area (Å²) in [4.78, 5) is 20.9. The molecular weight excluding hydrogens is 316 g/mol. The van der Waals surface area contributed by atoms with Gasteiger partial charge in [0, 0.05) is 39.3 Å². The number of hydrogen-bond donors (Lipinski definition) is 1. The summed E-state index contributed by atoms with van der Waals surface area (Å²) in [6.07, 6.45) is 0. The second-order valence-electron chi connectivity index (χ2n) is 6.14. The van der Waals surface area contributed by atoms with Gasteiger partial charge in [-0.3, -0.25) is 4.79 Å². The molecule has 2 saturated heterocycles. The number of aryl methyl sites for hydroxylation is 1. The number of nitrogens with zero attached hydrogens (tertiary/aromatic N) is 3. The summed E-state index contributed by atoms with van der Waals surface area (Å²) >= 11 is 0. The zero-order valence-corrected chi connectivity index (χ0v) is 13.9. The summed E-state index contributed by atoms with van der Waals surface area (Å²) in [6.45, 7) is 6.73. The SMILES string of the molecule is Cc1ccc2oc(N3CCN(C(=O)C4CNC4)CC3)nc2c1.Cl. The molecule has 2 aliphatic rings. The predicted molar refractivity (Wildman–Crippen MR) is 91.1 cm³/mol. The first-order chi connectivity index (χ1) is 10.7. The van der Waals surface area contributed by atoms with Gasteiger partial charge in [0.25, 0.3) is 6.01 Å². The van der Waals surface area contributed by atoms with Gasteiger partial charge in [0.15, 0.2) is 5.58 Å². The van der Waals surface area contributed by atoms with Gasteiger partial charge in [0.2, 0.25) is 5.91 Å². The highest BCUT2D eigenvalue weighted by Gasteiger charge is 2.31. The van der Waals surface area contributed by atoms with Gasteiger partial charge in [-0.05, 0) is 24.6 Å². The largest absolute Gasteiger partial charge is 0.423 e. The minimum atomic E-state index is 0. The van der Waals surface area contributed by atoms with Crippen molar-refractivity contribution in [2.24, 2.45) is 5.92 Å². The molecule has 2 aliphatic heterocycles. The van der Waals surface area contributed by atoms with Gasteiger partial charge >= 0.3 is 0 Å². The lowest BCUT2D eigenvalue weighted by Crippen LogP contribution is -2.56. The third kappa shape index (κ3) is 3.01. The molecule has 0 saturated carbocycles. The minimum Gasteiger partial charge on any atom is -0.423 e. The van der Waals surface area contributed by atoms with Crippen molar-refractivity contribution in [2.45, 2.75) is 6.92 Å². The van der Waals surface area contributed by atoms with Crippen LogP contribution in [0.3, 0.4) is 0 Å². The number of anilines is 1. The standard InChI is InChI=1S/C16H20N4O2.ClH/c1-11-2-3-14-13(8-11)18-16(22-14)20-6-4-19(5-7-20)15(21)12-9-17-10-12;/h2-3,8,12,17H,4-7,9-10H2,1H3;1H. The molecule has 23 heavy (non-hydrogen) atoms. The fraction of sp³-hybridized carbons (Fsp3) is 0.500. The van der Waals surface area contributed by atoms with Gasteiger partial charge < -0.3 is 19.5 Å². The number of rotatable bonds is 2. The zero-order chi connectivity index (χ0) is 15.1. The van der Waals surface area contributed by atoms with Crippen LogP contribution >= 0.6 is 12.4 Å². The number of carbonyl (C=O) groups excluding carboxylic acids is 1. The number of piperazine rings is 1. The van der Waals surface area contributed by atoms with E-state index >= 15 is 0 Å². The van der Waals surface area contributed by atoms with Crippen LogP contribution in [0.4, 0.5) is 6.01 Å². The number of carbonyl (C=O) groups is 1. The van der Waals surface area contributed by atoms with Crippen molar-refractivity contribution >= 4 is 35.4 Å². The average molecular weight is 337 g/mol. The Labute approximate surface area is 141 Å². The Morgan fingerprint density at radius 3 is 2.65 bits per heavy atom. The number of oxazole rings is 1. The average Bonchev–Trinajstić information content (AvgIpc) is 2.88. The zero-order valence-electron chi connectivity index (χ0n) is 13.1. The fourth-order valence-electron chi connectivity index (χ4n) is 3.00. The number of hydrogen-bond acceptors (Lipinski definition) is 5. The summed E-state index contributed by atoms with van der Waals surface area (Å²) in [5.74, 6) is 0.463. The number of fused-ring (bicyclic) bond motifs is 1. The van der Waals surface area contributed by atoms with E-state index in [1.807, 2.05) is 30.0 Å². The maximum atomic E-state index is 12.2. The number of aromatic nitrogens is 1. The Hall–Kier alpha value is -1.79. The molecule has 0 atom stereocenters. The van der Waals surface area contributed by atoms with Crippen LogP contribution in [-0.2, 0) is 4.79 Å². The lowest BCUT2D eigenvalue weighted by atomic mass is 10.0. The van der Waals surface area contributed by atoms with Gasteiger partial charge in [-0.1, -0.05) is 6.07 Å². The highest BCUT2D eigenvalue weighted by Crippen LogP contribution is 2.24. The quantitative estimate of drug-likeness (QED) is 0.899. The first-order valence-corrected chi connectivity index (χ1v) is 7.82. The van der Waals surface area contributed by atoms with Gasteiger partial charge in [-0.15, -0.1) is 12.4 Å². The summed E-state index contributed by atoms with van der Waals surface area (Å²) in [5, 5.41) is 3.15. The molecule has 2 aromatic rings. The fourth-order valence-corrected chi connectivity index (χ4v) is 3.00. The first kappa shape index (κ1) is 16.1. The van der Waals surface area contributed by atoms with Crippen LogP contribution in [0.5, 0.6) is 0 Å². The van der Waals surface area contributed by atoms with Crippen LogP contribution in [0, 0.1) is 12.8 Å². The van der Waals surface area contributed by atoms with E-state index in [2.05, 4.69) is 15.2 Å². The second-order valence-corrected chi connectivity index (χ2v) is 6.14. The van der Waals surface area contributed by atoms with Crippen LogP contribution in [0.2, 0.25) is 0 Å². The molecule has 1 N–H and O–H groups in total. The van der Waals surface area contributed by atoms with Gasteiger partial charge in [0.1, 0.15) is 5.52 Å². The van der Waals surface area contributed by atoms with Crippen LogP contribution in [0.15, 0.2) is 22.6 Å². The maximum Gasteiger partial charge on any atom is 0.298 e. The van der Waals surface area contributed by atoms with Crippen molar-refractivity contribution in [1.82, 2.24) is 15.2 Å². The predicted octanol–water partition coefficient (Wildman–Crippen LogP) is 1.43. The lowest BCUT2D eigenvalue weighted by Gasteiger charge is -2.37. The highest BCUT2D eigenvalue weighted by molar-refractivity contribution is 5.85. The summed E-state index contributed by atoms with van der Waals surface area (Å²) in [7, 11) is 0. The molecule has 1 amide bonds.